The first-order chi connectivity index (χ1) is 36.2. The molecule has 2 aliphatic rings. The molecule has 382 valence electrons. The second-order valence-corrected chi connectivity index (χ2v) is 19.7. The topological polar surface area (TPSA) is 237 Å². The zero-order valence-corrected chi connectivity index (χ0v) is 48.0. The molecule has 0 saturated carbocycles. The van der Waals surface area contributed by atoms with Crippen molar-refractivity contribution in [3.63, 3.8) is 0 Å². The van der Waals surface area contributed by atoms with Crippen LogP contribution in [-0.4, -0.2) is 57.6 Å². The van der Waals surface area contributed by atoms with Gasteiger partial charge in [-0.05, 0) is 89.4 Å². The summed E-state index contributed by atoms with van der Waals surface area (Å²) in [7, 11) is -7.38. The molecule has 0 saturated heterocycles. The maximum Gasteiger partial charge on any atom is 1.00 e. The molecule has 78 heavy (non-hydrogen) atoms. The second-order valence-electron chi connectivity index (χ2n) is 16.2. The molecule has 2 heterocycles. The van der Waals surface area contributed by atoms with E-state index in [-0.39, 0.29) is 130 Å². The molecule has 0 radical (unpaired) electrons. The predicted molar refractivity (Wildman–Crippen MR) is 277 cm³/mol. The number of halogens is 4. The second kappa shape index (κ2) is 27.9. The van der Waals surface area contributed by atoms with Crippen LogP contribution in [0.4, 0.5) is 30.2 Å². The molecule has 0 unspecified atom stereocenters. The average molecular weight is 1130 g/mol. The minimum atomic E-state index is -4.62. The SMILES string of the molecule is [C-]#[N+]/C(C#N)=C(/C(C#N)=C/C=C1\N(C)c2ccc(C(F)(F)F)cc2N1CCCS(=O)(=O)[O-])c1ccccc1.[C-]#[N+]/C(C#N)=C(/C(C#N)=C/C=C1\Oc2ccc(Cl)cc2N1CCCS(=O)(=O)[O-])c1cccc2ccccc12.[Na+].[Na+]. The Morgan fingerprint density at radius 3 is 1.85 bits per heavy atom. The number of fused-ring (bicyclic) bond motifs is 3. The van der Waals surface area contributed by atoms with E-state index in [4.69, 9.17) is 29.5 Å². The van der Waals surface area contributed by atoms with Gasteiger partial charge in [-0.3, -0.25) is 0 Å². The molecule has 5 aromatic rings. The fourth-order valence-electron chi connectivity index (χ4n) is 8.10. The van der Waals surface area contributed by atoms with Crippen LogP contribution in [0.15, 0.2) is 168 Å². The van der Waals surface area contributed by atoms with Gasteiger partial charge in [0.2, 0.25) is 5.88 Å². The van der Waals surface area contributed by atoms with Crippen molar-refractivity contribution in [2.75, 3.05) is 46.3 Å². The van der Waals surface area contributed by atoms with Gasteiger partial charge in [0.05, 0.1) is 91.4 Å². The van der Waals surface area contributed by atoms with Crippen molar-refractivity contribution in [1.29, 1.82) is 21.0 Å². The molecule has 16 nitrogen and oxygen atoms in total. The summed E-state index contributed by atoms with van der Waals surface area (Å²) >= 11 is 6.15. The molecule has 5 aromatic carbocycles. The van der Waals surface area contributed by atoms with E-state index in [9.17, 15) is 60.2 Å². The van der Waals surface area contributed by atoms with Gasteiger partial charge in [0.15, 0.2) is 5.75 Å². The van der Waals surface area contributed by atoms with E-state index in [2.05, 4.69) is 15.8 Å². The van der Waals surface area contributed by atoms with E-state index in [1.54, 1.807) is 83.6 Å². The van der Waals surface area contributed by atoms with E-state index in [0.717, 1.165) is 22.9 Å². The van der Waals surface area contributed by atoms with Crippen LogP contribution in [0, 0.1) is 58.5 Å². The number of allylic oxidation sites excluding steroid dienone is 10. The minimum absolute atomic E-state index is 0. The van der Waals surface area contributed by atoms with Gasteiger partial charge < -0.3 is 28.5 Å². The first-order valence-electron chi connectivity index (χ1n) is 22.2. The summed E-state index contributed by atoms with van der Waals surface area (Å²) in [5.74, 6) is -0.260. The first kappa shape index (κ1) is 63.4. The van der Waals surface area contributed by atoms with Gasteiger partial charge in [-0.2, -0.15) is 23.7 Å². The summed E-state index contributed by atoms with van der Waals surface area (Å²) in [6.07, 6.45) is 0.963. The van der Waals surface area contributed by atoms with Crippen LogP contribution >= 0.6 is 11.6 Å². The fraction of sp³-hybridized carbons (Fsp3) is 0.148. The fourth-order valence-corrected chi connectivity index (χ4v) is 9.23. The number of anilines is 3. The number of alkyl halides is 3. The molecular formula is C54H37ClF3N9Na2O7S2. The molecule has 0 bridgehead atoms. The van der Waals surface area contributed by atoms with Gasteiger partial charge in [-0.15, -0.1) is 0 Å². The number of nitriles is 4. The van der Waals surface area contributed by atoms with Crippen LogP contribution in [0.2, 0.25) is 5.02 Å². The Hall–Kier alpha value is -7.16. The summed E-state index contributed by atoms with van der Waals surface area (Å²) in [6.45, 7) is 15.0. The molecule has 0 N–H and O–H groups in total. The largest absolute Gasteiger partial charge is 1.00 e. The van der Waals surface area contributed by atoms with Gasteiger partial charge in [0, 0.05) is 53.9 Å². The van der Waals surface area contributed by atoms with Crippen LogP contribution < -0.4 is 78.6 Å². The van der Waals surface area contributed by atoms with Crippen molar-refractivity contribution in [3.05, 3.63) is 212 Å². The van der Waals surface area contributed by atoms with Gasteiger partial charge >= 0.3 is 65.3 Å². The standard InChI is InChI=1S/C28H19ClN4O4S.C26H20F3N5O3S.2Na/c1-32-24(18-31)28(23-9-4-7-19-6-2-3-8-22(19)23)20(17-30)10-13-27-33(14-5-15-38(34,35)36)25-16-21(29)11-12-26(25)37-27;1-32-21(17-31)25(18-7-4-3-5-8-18)19(16-30)9-12-24-33(2)22-11-10-20(26(27,28)29)15-23(22)34(24)13-6-14-38(35,36)37;;/h2-4,6-13,16H,5,14-15H2,(H,34,35,36);3-5,7-12,15H,6,13-14H2,2H3,(H,35,36,37);;/q;;2*+1/p-2/b20-10+,27-13-,28-24-;19-9+,24-12+,25-21+;;. The Balaban J connectivity index is 0.000000328. The summed E-state index contributed by atoms with van der Waals surface area (Å²) < 4.78 is 113. The minimum Gasteiger partial charge on any atom is -0.748 e. The monoisotopic (exact) mass is 1130 g/mol. The van der Waals surface area contributed by atoms with Gasteiger partial charge in [0.1, 0.15) is 5.82 Å². The van der Waals surface area contributed by atoms with Crippen LogP contribution in [0.5, 0.6) is 5.75 Å². The smallest absolute Gasteiger partial charge is 0.748 e. The molecule has 0 atom stereocenters. The Kier molecular flexibility index (Phi) is 22.7. The van der Waals surface area contributed by atoms with Crippen molar-refractivity contribution < 1.29 is 103 Å². The van der Waals surface area contributed by atoms with Crippen molar-refractivity contribution in [2.24, 2.45) is 0 Å². The van der Waals surface area contributed by atoms with E-state index in [1.165, 1.54) is 35.3 Å². The van der Waals surface area contributed by atoms with Gasteiger partial charge in [0.25, 0.3) is 11.4 Å². The summed E-state index contributed by atoms with van der Waals surface area (Å²) in [5, 5.41) is 41.2. The molecule has 0 aliphatic carbocycles. The molecular weight excluding hydrogens is 1090 g/mol. The number of benzene rings is 5. The summed E-state index contributed by atoms with van der Waals surface area (Å²) in [5.41, 5.74) is 0.909. The summed E-state index contributed by atoms with van der Waals surface area (Å²) in [4.78, 5) is 11.2. The Bertz CT molecular complexity index is 3790. The molecule has 0 aromatic heterocycles. The summed E-state index contributed by atoms with van der Waals surface area (Å²) in [6, 6.07) is 37.0. The van der Waals surface area contributed by atoms with Crippen molar-refractivity contribution in [1.82, 2.24) is 0 Å². The quantitative estimate of drug-likeness (QED) is 0.0477. The zero-order valence-electron chi connectivity index (χ0n) is 41.7. The average Bonchev–Trinajstić information content (AvgIpc) is 3.95. The van der Waals surface area contributed by atoms with Crippen molar-refractivity contribution in [2.45, 2.75) is 19.0 Å². The van der Waals surface area contributed by atoms with Crippen LogP contribution in [0.1, 0.15) is 29.5 Å². The van der Waals surface area contributed by atoms with Crippen LogP contribution in [0.3, 0.4) is 0 Å². The molecule has 0 spiro atoms. The predicted octanol–water partition coefficient (Wildman–Crippen LogP) is 4.82. The molecule has 7 rings (SSSR count). The number of nitrogens with zero attached hydrogens (tertiary/aromatic N) is 9. The maximum atomic E-state index is 13.4. The number of hydrogen-bond donors (Lipinski definition) is 0. The Morgan fingerprint density at radius 1 is 0.692 bits per heavy atom. The van der Waals surface area contributed by atoms with Crippen LogP contribution in [-0.2, 0) is 26.4 Å². The van der Waals surface area contributed by atoms with Gasteiger partial charge in [-0.1, -0.05) is 84.4 Å². The van der Waals surface area contributed by atoms with E-state index in [1.807, 2.05) is 42.5 Å². The van der Waals surface area contributed by atoms with E-state index in [0.29, 0.717) is 39.1 Å². The third-order valence-corrected chi connectivity index (χ3v) is 13.2. The first-order valence-corrected chi connectivity index (χ1v) is 25.8. The van der Waals surface area contributed by atoms with Crippen molar-refractivity contribution >= 4 is 70.8 Å². The molecule has 0 fully saturated rings. The van der Waals surface area contributed by atoms with E-state index >= 15 is 0 Å². The third-order valence-electron chi connectivity index (χ3n) is 11.4. The number of hydrogen-bond acceptors (Lipinski definition) is 14. The normalized spacial score (nSPS) is 14.7. The number of rotatable bonds is 14. The zero-order chi connectivity index (χ0) is 55.4. The maximum absolute atomic E-state index is 13.4. The van der Waals surface area contributed by atoms with Gasteiger partial charge in [-0.25, -0.2) is 37.0 Å². The van der Waals surface area contributed by atoms with Crippen LogP contribution in [0.25, 0.3) is 31.6 Å². The third kappa shape index (κ3) is 15.7. The molecule has 24 heteroatoms. The molecule has 0 amide bonds. The Labute approximate surface area is 498 Å². The van der Waals surface area contributed by atoms with Crippen molar-refractivity contribution in [3.8, 4) is 30.0 Å². The Morgan fingerprint density at radius 2 is 1.26 bits per heavy atom. The molecule has 2 aliphatic heterocycles. The number of ether oxygens (including phenoxy) is 1. The van der Waals surface area contributed by atoms with E-state index < -0.39 is 43.5 Å².